The summed E-state index contributed by atoms with van der Waals surface area (Å²) >= 11 is 0. The fourth-order valence-corrected chi connectivity index (χ4v) is 1.19. The van der Waals surface area contributed by atoms with E-state index < -0.39 is 0 Å². The Kier molecular flexibility index (Phi) is 4.54. The van der Waals surface area contributed by atoms with Gasteiger partial charge in [-0.15, -0.1) is 0 Å². The molecular weight excluding hydrogens is 192 g/mol. The van der Waals surface area contributed by atoms with Gasteiger partial charge < -0.3 is 9.53 Å². The fraction of sp³-hybridized carbons (Fsp3) is 0.333. The first-order valence-corrected chi connectivity index (χ1v) is 4.99. The maximum Gasteiger partial charge on any atom is 0.310 e. The van der Waals surface area contributed by atoms with Crippen molar-refractivity contribution in [1.29, 1.82) is 0 Å². The van der Waals surface area contributed by atoms with Gasteiger partial charge in [0.15, 0.2) is 0 Å². The van der Waals surface area contributed by atoms with Crippen LogP contribution in [0, 0.1) is 0 Å². The number of aldehydes is 1. The van der Waals surface area contributed by atoms with Gasteiger partial charge in [0.1, 0.15) is 12.0 Å². The van der Waals surface area contributed by atoms with Crippen LogP contribution in [0.15, 0.2) is 24.3 Å². The Morgan fingerprint density at radius 3 is 2.93 bits per heavy atom. The van der Waals surface area contributed by atoms with Gasteiger partial charge in [-0.1, -0.05) is 19.1 Å². The molecule has 0 saturated carbocycles. The molecule has 0 atom stereocenters. The van der Waals surface area contributed by atoms with Crippen molar-refractivity contribution in [3.63, 3.8) is 0 Å². The molecule has 80 valence electrons. The van der Waals surface area contributed by atoms with Crippen LogP contribution in [-0.2, 0) is 16.0 Å². The molecule has 0 aliphatic rings. The maximum absolute atomic E-state index is 11.0. The molecule has 0 aliphatic heterocycles. The number of ether oxygens (including phenoxy) is 1. The van der Waals surface area contributed by atoms with Crippen LogP contribution < -0.4 is 4.74 Å². The number of aryl methyl sites for hydroxylation is 1. The van der Waals surface area contributed by atoms with E-state index in [1.807, 2.05) is 12.1 Å². The summed E-state index contributed by atoms with van der Waals surface area (Å²) in [6.07, 6.45) is 2.41. The molecule has 0 fully saturated rings. The highest BCUT2D eigenvalue weighted by Gasteiger charge is 2.02. The second-order valence-electron chi connectivity index (χ2n) is 3.18. The van der Waals surface area contributed by atoms with Gasteiger partial charge in [-0.2, -0.15) is 0 Å². The molecule has 15 heavy (non-hydrogen) atoms. The van der Waals surface area contributed by atoms with E-state index in [1.54, 1.807) is 19.1 Å². The molecule has 0 aliphatic carbocycles. The molecule has 0 saturated heterocycles. The summed E-state index contributed by atoms with van der Waals surface area (Å²) in [4.78, 5) is 21.2. The highest BCUT2D eigenvalue weighted by Crippen LogP contribution is 2.14. The molecule has 0 unspecified atom stereocenters. The van der Waals surface area contributed by atoms with Gasteiger partial charge in [0.25, 0.3) is 0 Å². The Morgan fingerprint density at radius 2 is 2.27 bits per heavy atom. The third-order valence-electron chi connectivity index (χ3n) is 1.97. The van der Waals surface area contributed by atoms with Gasteiger partial charge in [-0.05, 0) is 24.1 Å². The van der Waals surface area contributed by atoms with E-state index >= 15 is 0 Å². The molecule has 0 bridgehead atoms. The van der Waals surface area contributed by atoms with E-state index in [0.29, 0.717) is 25.0 Å². The number of benzene rings is 1. The molecule has 1 aromatic carbocycles. The van der Waals surface area contributed by atoms with Gasteiger partial charge in [0, 0.05) is 12.8 Å². The average molecular weight is 206 g/mol. The first-order valence-electron chi connectivity index (χ1n) is 4.99. The van der Waals surface area contributed by atoms with Crippen LogP contribution >= 0.6 is 0 Å². The van der Waals surface area contributed by atoms with E-state index in [0.717, 1.165) is 11.8 Å². The zero-order chi connectivity index (χ0) is 11.1. The van der Waals surface area contributed by atoms with Crippen LogP contribution in [-0.4, -0.2) is 12.3 Å². The molecule has 0 amide bonds. The molecule has 3 heteroatoms. The van der Waals surface area contributed by atoms with E-state index in [2.05, 4.69) is 0 Å². The minimum absolute atomic E-state index is 0.248. The number of rotatable bonds is 5. The quantitative estimate of drug-likeness (QED) is 0.421. The maximum atomic E-state index is 11.0. The van der Waals surface area contributed by atoms with Crippen LogP contribution in [0.1, 0.15) is 25.3 Å². The van der Waals surface area contributed by atoms with Gasteiger partial charge in [0.2, 0.25) is 0 Å². The number of esters is 1. The summed E-state index contributed by atoms with van der Waals surface area (Å²) in [7, 11) is 0. The first-order chi connectivity index (χ1) is 7.26. The summed E-state index contributed by atoms with van der Waals surface area (Å²) in [5.41, 5.74) is 1.00. The molecule has 0 N–H and O–H groups in total. The zero-order valence-corrected chi connectivity index (χ0v) is 8.73. The number of hydrogen-bond acceptors (Lipinski definition) is 3. The molecule has 0 radical (unpaired) electrons. The number of hydrogen-bond donors (Lipinski definition) is 0. The molecule has 0 spiro atoms. The Hall–Kier alpha value is -1.64. The van der Waals surface area contributed by atoms with Crippen molar-refractivity contribution in [2.24, 2.45) is 0 Å². The van der Waals surface area contributed by atoms with Crippen molar-refractivity contribution in [2.75, 3.05) is 0 Å². The van der Waals surface area contributed by atoms with Crippen LogP contribution in [0.3, 0.4) is 0 Å². The van der Waals surface area contributed by atoms with Gasteiger partial charge in [-0.25, -0.2) is 0 Å². The lowest BCUT2D eigenvalue weighted by Crippen LogP contribution is -2.05. The highest BCUT2D eigenvalue weighted by molar-refractivity contribution is 5.71. The smallest absolute Gasteiger partial charge is 0.310 e. The Labute approximate surface area is 89.1 Å². The van der Waals surface area contributed by atoms with Gasteiger partial charge in [0.05, 0.1) is 0 Å². The monoisotopic (exact) mass is 206 g/mol. The second-order valence-corrected chi connectivity index (χ2v) is 3.18. The molecule has 0 heterocycles. The molecule has 3 nitrogen and oxygen atoms in total. The summed E-state index contributed by atoms with van der Waals surface area (Å²) in [5.74, 6) is 0.299. The van der Waals surface area contributed by atoms with Crippen molar-refractivity contribution in [1.82, 2.24) is 0 Å². The van der Waals surface area contributed by atoms with E-state index in [9.17, 15) is 9.59 Å². The lowest BCUT2D eigenvalue weighted by molar-refractivity contribution is -0.134. The Morgan fingerprint density at radius 1 is 1.47 bits per heavy atom. The van der Waals surface area contributed by atoms with Crippen LogP contribution in [0.4, 0.5) is 0 Å². The predicted molar refractivity (Wildman–Crippen MR) is 56.8 cm³/mol. The number of carbonyl (C=O) groups excluding carboxylic acids is 2. The third kappa shape index (κ3) is 3.94. The topological polar surface area (TPSA) is 43.4 Å². The lowest BCUT2D eigenvalue weighted by Gasteiger charge is -2.04. The van der Waals surface area contributed by atoms with Crippen molar-refractivity contribution in [3.05, 3.63) is 29.8 Å². The van der Waals surface area contributed by atoms with E-state index in [-0.39, 0.29) is 5.97 Å². The fourth-order valence-electron chi connectivity index (χ4n) is 1.19. The van der Waals surface area contributed by atoms with Crippen molar-refractivity contribution in [3.8, 4) is 5.75 Å². The SMILES string of the molecule is CCC(=O)Oc1cccc(CCC=O)c1. The Balaban J connectivity index is 2.65. The minimum atomic E-state index is -0.248. The molecule has 1 aromatic rings. The van der Waals surface area contributed by atoms with Crippen LogP contribution in [0.5, 0.6) is 5.75 Å². The van der Waals surface area contributed by atoms with Crippen molar-refractivity contribution >= 4 is 12.3 Å². The first kappa shape index (κ1) is 11.4. The molecule has 1 rings (SSSR count). The second kappa shape index (κ2) is 5.96. The third-order valence-corrected chi connectivity index (χ3v) is 1.97. The van der Waals surface area contributed by atoms with Crippen molar-refractivity contribution in [2.45, 2.75) is 26.2 Å². The van der Waals surface area contributed by atoms with Crippen molar-refractivity contribution < 1.29 is 14.3 Å². The van der Waals surface area contributed by atoms with E-state index in [1.165, 1.54) is 0 Å². The van der Waals surface area contributed by atoms with E-state index in [4.69, 9.17) is 4.74 Å². The average Bonchev–Trinajstić information content (AvgIpc) is 2.26. The van der Waals surface area contributed by atoms with Crippen LogP contribution in [0.25, 0.3) is 0 Å². The Bertz CT molecular complexity index is 344. The largest absolute Gasteiger partial charge is 0.427 e. The number of carbonyl (C=O) groups is 2. The normalized spacial score (nSPS) is 9.67. The summed E-state index contributed by atoms with van der Waals surface area (Å²) in [6, 6.07) is 7.25. The summed E-state index contributed by atoms with van der Waals surface area (Å²) < 4.78 is 5.06. The predicted octanol–water partition coefficient (Wildman–Crippen LogP) is 2.13. The van der Waals surface area contributed by atoms with Gasteiger partial charge in [-0.3, -0.25) is 4.79 Å². The standard InChI is InChI=1S/C12H14O3/c1-2-12(14)15-11-7-3-5-10(9-11)6-4-8-13/h3,5,7-9H,2,4,6H2,1H3. The van der Waals surface area contributed by atoms with Gasteiger partial charge >= 0.3 is 5.97 Å². The molecule has 0 aromatic heterocycles. The van der Waals surface area contributed by atoms with Crippen LogP contribution in [0.2, 0.25) is 0 Å². The molecular formula is C12H14O3. The summed E-state index contributed by atoms with van der Waals surface area (Å²) in [5, 5.41) is 0. The summed E-state index contributed by atoms with van der Waals surface area (Å²) in [6.45, 7) is 1.75. The lowest BCUT2D eigenvalue weighted by atomic mass is 10.1. The minimum Gasteiger partial charge on any atom is -0.427 e. The zero-order valence-electron chi connectivity index (χ0n) is 8.73. The highest BCUT2D eigenvalue weighted by atomic mass is 16.5.